The third-order valence-corrected chi connectivity index (χ3v) is 3.71. The summed E-state index contributed by atoms with van der Waals surface area (Å²) in [7, 11) is 1.57. The summed E-state index contributed by atoms with van der Waals surface area (Å²) < 4.78 is 5.12. The Balaban J connectivity index is 2.07. The fraction of sp³-hybridized carbons (Fsp3) is 0.571. The van der Waals surface area contributed by atoms with Crippen LogP contribution in [0.15, 0.2) is 18.2 Å². The van der Waals surface area contributed by atoms with Crippen LogP contribution in [0.4, 0.5) is 0 Å². The number of hydrogen-bond donors (Lipinski definition) is 2. The first-order valence-electron chi connectivity index (χ1n) is 6.32. The van der Waals surface area contributed by atoms with E-state index < -0.39 is 0 Å². The third kappa shape index (κ3) is 2.91. The minimum Gasteiger partial charge on any atom is -0.504 e. The quantitative estimate of drug-likeness (QED) is 0.846. The number of benzene rings is 1. The zero-order valence-electron chi connectivity index (χ0n) is 10.4. The van der Waals surface area contributed by atoms with E-state index in [1.54, 1.807) is 13.2 Å². The third-order valence-electron chi connectivity index (χ3n) is 3.71. The SMILES string of the molecule is COc1cc(C[C@H]2CCCC[C@@H]2N)ccc1O. The topological polar surface area (TPSA) is 55.5 Å². The molecule has 17 heavy (non-hydrogen) atoms. The lowest BCUT2D eigenvalue weighted by atomic mass is 9.81. The summed E-state index contributed by atoms with van der Waals surface area (Å²) in [4.78, 5) is 0. The summed E-state index contributed by atoms with van der Waals surface area (Å²) in [6.07, 6.45) is 5.88. The first kappa shape index (κ1) is 12.2. The van der Waals surface area contributed by atoms with Gasteiger partial charge in [0.2, 0.25) is 0 Å². The first-order valence-corrected chi connectivity index (χ1v) is 6.32. The molecule has 1 saturated carbocycles. The summed E-state index contributed by atoms with van der Waals surface area (Å²) >= 11 is 0. The van der Waals surface area contributed by atoms with Crippen LogP contribution in [0, 0.1) is 5.92 Å². The Labute approximate surface area is 103 Å². The normalized spacial score (nSPS) is 24.6. The van der Waals surface area contributed by atoms with Crippen molar-refractivity contribution >= 4 is 0 Å². The molecule has 94 valence electrons. The molecule has 0 amide bonds. The smallest absolute Gasteiger partial charge is 0.160 e. The van der Waals surface area contributed by atoms with Gasteiger partial charge in [-0.3, -0.25) is 0 Å². The van der Waals surface area contributed by atoms with Gasteiger partial charge in [-0.25, -0.2) is 0 Å². The van der Waals surface area contributed by atoms with Gasteiger partial charge in [0.15, 0.2) is 11.5 Å². The number of rotatable bonds is 3. The molecule has 0 bridgehead atoms. The molecule has 1 aromatic rings. The molecule has 2 rings (SSSR count). The molecule has 0 saturated heterocycles. The molecule has 0 aliphatic heterocycles. The summed E-state index contributed by atoms with van der Waals surface area (Å²) in [5, 5.41) is 9.54. The van der Waals surface area contributed by atoms with Crippen LogP contribution in [-0.2, 0) is 6.42 Å². The molecular formula is C14H21NO2. The Morgan fingerprint density at radius 1 is 1.35 bits per heavy atom. The van der Waals surface area contributed by atoms with Crippen molar-refractivity contribution in [3.05, 3.63) is 23.8 Å². The van der Waals surface area contributed by atoms with Gasteiger partial charge >= 0.3 is 0 Å². The van der Waals surface area contributed by atoms with Crippen molar-refractivity contribution in [2.24, 2.45) is 11.7 Å². The van der Waals surface area contributed by atoms with Crippen molar-refractivity contribution in [1.29, 1.82) is 0 Å². The molecule has 0 heterocycles. The average molecular weight is 235 g/mol. The van der Waals surface area contributed by atoms with E-state index in [-0.39, 0.29) is 5.75 Å². The Bertz CT molecular complexity index is 378. The monoisotopic (exact) mass is 235 g/mol. The van der Waals surface area contributed by atoms with Gasteiger partial charge in [0.1, 0.15) is 0 Å². The molecule has 0 aromatic heterocycles. The lowest BCUT2D eigenvalue weighted by molar-refractivity contribution is 0.305. The molecule has 1 aliphatic carbocycles. The second kappa shape index (κ2) is 5.41. The maximum absolute atomic E-state index is 9.54. The maximum Gasteiger partial charge on any atom is 0.160 e. The van der Waals surface area contributed by atoms with Crippen molar-refractivity contribution in [3.63, 3.8) is 0 Å². The van der Waals surface area contributed by atoms with E-state index in [9.17, 15) is 5.11 Å². The zero-order chi connectivity index (χ0) is 12.3. The van der Waals surface area contributed by atoms with Gasteiger partial charge in [-0.05, 0) is 42.9 Å². The van der Waals surface area contributed by atoms with Crippen molar-refractivity contribution in [1.82, 2.24) is 0 Å². The highest BCUT2D eigenvalue weighted by Crippen LogP contribution is 2.30. The number of ether oxygens (including phenoxy) is 1. The van der Waals surface area contributed by atoms with Crippen LogP contribution < -0.4 is 10.5 Å². The van der Waals surface area contributed by atoms with Crippen molar-refractivity contribution in [2.45, 2.75) is 38.1 Å². The first-order chi connectivity index (χ1) is 8.20. The second-order valence-corrected chi connectivity index (χ2v) is 4.92. The minimum absolute atomic E-state index is 0.198. The molecular weight excluding hydrogens is 214 g/mol. The van der Waals surface area contributed by atoms with Crippen LogP contribution >= 0.6 is 0 Å². The van der Waals surface area contributed by atoms with E-state index in [0.29, 0.717) is 17.7 Å². The average Bonchev–Trinajstić information content (AvgIpc) is 2.34. The minimum atomic E-state index is 0.198. The lowest BCUT2D eigenvalue weighted by Gasteiger charge is -2.28. The van der Waals surface area contributed by atoms with Crippen LogP contribution in [-0.4, -0.2) is 18.3 Å². The number of aromatic hydroxyl groups is 1. The van der Waals surface area contributed by atoms with E-state index in [4.69, 9.17) is 10.5 Å². The standard InChI is InChI=1S/C14H21NO2/c1-17-14-9-10(6-7-13(14)16)8-11-4-2-3-5-12(11)15/h6-7,9,11-12,16H,2-5,8,15H2,1H3/t11-,12+/m1/s1. The molecule has 3 nitrogen and oxygen atoms in total. The zero-order valence-corrected chi connectivity index (χ0v) is 10.4. The molecule has 2 atom stereocenters. The van der Waals surface area contributed by atoms with E-state index in [2.05, 4.69) is 0 Å². The highest BCUT2D eigenvalue weighted by molar-refractivity contribution is 5.41. The molecule has 3 N–H and O–H groups in total. The van der Waals surface area contributed by atoms with Crippen LogP contribution in [0.3, 0.4) is 0 Å². The maximum atomic E-state index is 9.54. The lowest BCUT2D eigenvalue weighted by Crippen LogP contribution is -2.34. The molecule has 1 aromatic carbocycles. The number of nitrogens with two attached hydrogens (primary N) is 1. The molecule has 0 spiro atoms. The van der Waals surface area contributed by atoms with Crippen molar-refractivity contribution in [2.75, 3.05) is 7.11 Å². The summed E-state index contributed by atoms with van der Waals surface area (Å²) in [6.45, 7) is 0. The van der Waals surface area contributed by atoms with Crippen LogP contribution in [0.25, 0.3) is 0 Å². The molecule has 3 heteroatoms. The predicted molar refractivity (Wildman–Crippen MR) is 68.3 cm³/mol. The molecule has 1 fully saturated rings. The highest BCUT2D eigenvalue weighted by atomic mass is 16.5. The van der Waals surface area contributed by atoms with Gasteiger partial charge in [-0.1, -0.05) is 18.9 Å². The fourth-order valence-corrected chi connectivity index (χ4v) is 2.64. The van der Waals surface area contributed by atoms with E-state index in [1.165, 1.54) is 24.8 Å². The van der Waals surface area contributed by atoms with Gasteiger partial charge < -0.3 is 15.6 Å². The summed E-state index contributed by atoms with van der Waals surface area (Å²) in [5.74, 6) is 1.31. The number of hydrogen-bond acceptors (Lipinski definition) is 3. The van der Waals surface area contributed by atoms with Crippen LogP contribution in [0.5, 0.6) is 11.5 Å². The summed E-state index contributed by atoms with van der Waals surface area (Å²) in [5.41, 5.74) is 7.34. The van der Waals surface area contributed by atoms with Gasteiger partial charge in [0.05, 0.1) is 7.11 Å². The van der Waals surface area contributed by atoms with Crippen LogP contribution in [0.1, 0.15) is 31.2 Å². The van der Waals surface area contributed by atoms with Crippen molar-refractivity contribution < 1.29 is 9.84 Å². The van der Waals surface area contributed by atoms with Crippen LogP contribution in [0.2, 0.25) is 0 Å². The second-order valence-electron chi connectivity index (χ2n) is 4.92. The Morgan fingerprint density at radius 2 is 2.12 bits per heavy atom. The van der Waals surface area contributed by atoms with E-state index in [0.717, 1.165) is 12.8 Å². The Hall–Kier alpha value is -1.22. The van der Waals surface area contributed by atoms with Gasteiger partial charge in [-0.15, -0.1) is 0 Å². The highest BCUT2D eigenvalue weighted by Gasteiger charge is 2.22. The van der Waals surface area contributed by atoms with Gasteiger partial charge in [-0.2, -0.15) is 0 Å². The molecule has 0 unspecified atom stereocenters. The van der Waals surface area contributed by atoms with E-state index in [1.807, 2.05) is 12.1 Å². The van der Waals surface area contributed by atoms with Gasteiger partial charge in [0.25, 0.3) is 0 Å². The molecule has 0 radical (unpaired) electrons. The van der Waals surface area contributed by atoms with Crippen molar-refractivity contribution in [3.8, 4) is 11.5 Å². The van der Waals surface area contributed by atoms with E-state index >= 15 is 0 Å². The predicted octanol–water partition coefficient (Wildman–Crippen LogP) is 2.46. The molecule has 1 aliphatic rings. The van der Waals surface area contributed by atoms with Gasteiger partial charge in [0, 0.05) is 6.04 Å². The summed E-state index contributed by atoms with van der Waals surface area (Å²) in [6, 6.07) is 5.89. The Morgan fingerprint density at radius 3 is 2.82 bits per heavy atom. The number of phenolic OH excluding ortho intramolecular Hbond substituents is 1. The number of methoxy groups -OCH3 is 1. The fourth-order valence-electron chi connectivity index (χ4n) is 2.64. The Kier molecular flexibility index (Phi) is 3.89. The number of phenols is 1. The largest absolute Gasteiger partial charge is 0.504 e.